The standard InChI is InChI=1S/C17H21FN4OS/c1-13-7-9-21(10-11-24-13)17(23)20-16-6-8-19-22(16)12-14-2-4-15(18)5-3-14/h2-6,8,13H,7,9-12H2,1H3,(H,20,23). The van der Waals surface area contributed by atoms with E-state index >= 15 is 0 Å². The molecule has 0 bridgehead atoms. The number of halogens is 1. The Morgan fingerprint density at radius 3 is 2.92 bits per heavy atom. The summed E-state index contributed by atoms with van der Waals surface area (Å²) in [5.74, 6) is 1.35. The Hall–Kier alpha value is -2.02. The van der Waals surface area contributed by atoms with Crippen LogP contribution in [-0.2, 0) is 6.54 Å². The average molecular weight is 348 g/mol. The van der Waals surface area contributed by atoms with Crippen molar-refractivity contribution in [3.63, 3.8) is 0 Å². The Kier molecular flexibility index (Phi) is 5.40. The van der Waals surface area contributed by atoms with Gasteiger partial charge in [0.15, 0.2) is 0 Å². The number of nitrogens with zero attached hydrogens (tertiary/aromatic N) is 3. The minimum atomic E-state index is -0.263. The van der Waals surface area contributed by atoms with Gasteiger partial charge in [0.2, 0.25) is 0 Å². The summed E-state index contributed by atoms with van der Waals surface area (Å²) in [6.07, 6.45) is 2.66. The van der Waals surface area contributed by atoms with Gasteiger partial charge in [-0.05, 0) is 24.1 Å². The number of hydrogen-bond donors (Lipinski definition) is 1. The summed E-state index contributed by atoms with van der Waals surface area (Å²) >= 11 is 1.90. The molecule has 24 heavy (non-hydrogen) atoms. The smallest absolute Gasteiger partial charge is 0.323 e. The SMILES string of the molecule is CC1CCN(C(=O)Nc2ccnn2Cc2ccc(F)cc2)CCS1. The molecule has 1 aliphatic heterocycles. The second-order valence-corrected chi connectivity index (χ2v) is 7.43. The van der Waals surface area contributed by atoms with Crippen LogP contribution in [0.5, 0.6) is 0 Å². The van der Waals surface area contributed by atoms with Crippen molar-refractivity contribution in [3.05, 3.63) is 47.9 Å². The second kappa shape index (κ2) is 7.70. The van der Waals surface area contributed by atoms with Gasteiger partial charge in [-0.15, -0.1) is 0 Å². The molecule has 1 fully saturated rings. The molecule has 1 saturated heterocycles. The van der Waals surface area contributed by atoms with E-state index in [4.69, 9.17) is 0 Å². The van der Waals surface area contributed by atoms with Gasteiger partial charge in [-0.1, -0.05) is 19.1 Å². The largest absolute Gasteiger partial charge is 0.324 e. The predicted octanol–water partition coefficient (Wildman–Crippen LogP) is 3.43. The second-order valence-electron chi connectivity index (χ2n) is 5.89. The zero-order valence-corrected chi connectivity index (χ0v) is 14.4. The van der Waals surface area contributed by atoms with Gasteiger partial charge in [0.1, 0.15) is 11.6 Å². The Balaban J connectivity index is 1.64. The van der Waals surface area contributed by atoms with Crippen molar-refractivity contribution >= 4 is 23.6 Å². The van der Waals surface area contributed by atoms with Gasteiger partial charge in [0, 0.05) is 30.2 Å². The maximum atomic E-state index is 13.0. The van der Waals surface area contributed by atoms with Crippen LogP contribution in [0.4, 0.5) is 15.0 Å². The first-order valence-electron chi connectivity index (χ1n) is 8.05. The average Bonchev–Trinajstić information content (AvgIpc) is 2.86. The minimum absolute atomic E-state index is 0.0921. The molecule has 1 aliphatic rings. The first-order valence-corrected chi connectivity index (χ1v) is 9.10. The Bertz CT molecular complexity index is 688. The molecular weight excluding hydrogens is 327 g/mol. The number of urea groups is 1. The monoisotopic (exact) mass is 348 g/mol. The number of nitrogens with one attached hydrogen (secondary N) is 1. The summed E-state index contributed by atoms with van der Waals surface area (Å²) in [5, 5.41) is 7.78. The van der Waals surface area contributed by atoms with Crippen LogP contribution in [0.3, 0.4) is 0 Å². The van der Waals surface area contributed by atoms with Gasteiger partial charge in [0.05, 0.1) is 12.7 Å². The summed E-state index contributed by atoms with van der Waals surface area (Å²) < 4.78 is 14.7. The van der Waals surface area contributed by atoms with Crippen molar-refractivity contribution < 1.29 is 9.18 Å². The van der Waals surface area contributed by atoms with E-state index in [-0.39, 0.29) is 11.8 Å². The molecule has 1 atom stereocenters. The van der Waals surface area contributed by atoms with Crippen LogP contribution in [0.2, 0.25) is 0 Å². The van der Waals surface area contributed by atoms with E-state index in [1.54, 1.807) is 29.1 Å². The van der Waals surface area contributed by atoms with Gasteiger partial charge < -0.3 is 4.90 Å². The number of aromatic nitrogens is 2. The number of carbonyl (C=O) groups excluding carboxylic acids is 1. The molecule has 2 amide bonds. The van der Waals surface area contributed by atoms with Crippen molar-refractivity contribution in [1.29, 1.82) is 0 Å². The first-order chi connectivity index (χ1) is 11.6. The van der Waals surface area contributed by atoms with Gasteiger partial charge in [0.25, 0.3) is 0 Å². The van der Waals surface area contributed by atoms with Crippen LogP contribution >= 0.6 is 11.8 Å². The van der Waals surface area contributed by atoms with Crippen LogP contribution < -0.4 is 5.32 Å². The molecule has 2 heterocycles. The lowest BCUT2D eigenvalue weighted by molar-refractivity contribution is 0.215. The third-order valence-corrected chi connectivity index (χ3v) is 5.28. The molecule has 1 unspecified atom stereocenters. The number of thioether (sulfide) groups is 1. The van der Waals surface area contributed by atoms with Crippen LogP contribution in [0.1, 0.15) is 18.9 Å². The van der Waals surface area contributed by atoms with Crippen molar-refractivity contribution in [3.8, 4) is 0 Å². The number of amides is 2. The van der Waals surface area contributed by atoms with Gasteiger partial charge in [-0.3, -0.25) is 5.32 Å². The topological polar surface area (TPSA) is 50.2 Å². The number of carbonyl (C=O) groups is 1. The van der Waals surface area contributed by atoms with Crippen molar-refractivity contribution in [2.45, 2.75) is 25.1 Å². The van der Waals surface area contributed by atoms with Gasteiger partial charge in [-0.25, -0.2) is 13.9 Å². The summed E-state index contributed by atoms with van der Waals surface area (Å²) in [5.41, 5.74) is 0.926. The van der Waals surface area contributed by atoms with E-state index < -0.39 is 0 Å². The van der Waals surface area contributed by atoms with E-state index in [1.807, 2.05) is 16.7 Å². The summed E-state index contributed by atoms with van der Waals surface area (Å²) in [6, 6.07) is 7.97. The molecule has 0 saturated carbocycles. The number of hydrogen-bond acceptors (Lipinski definition) is 3. The molecule has 1 aromatic carbocycles. The maximum absolute atomic E-state index is 13.0. The van der Waals surface area contributed by atoms with E-state index in [1.165, 1.54) is 12.1 Å². The Morgan fingerprint density at radius 2 is 2.12 bits per heavy atom. The molecule has 5 nitrogen and oxygen atoms in total. The zero-order chi connectivity index (χ0) is 16.9. The summed E-state index contributed by atoms with van der Waals surface area (Å²) in [4.78, 5) is 14.3. The van der Waals surface area contributed by atoms with Gasteiger partial charge in [-0.2, -0.15) is 16.9 Å². The molecule has 2 aromatic rings. The van der Waals surface area contributed by atoms with Crippen LogP contribution in [-0.4, -0.2) is 44.8 Å². The highest BCUT2D eigenvalue weighted by molar-refractivity contribution is 7.99. The van der Waals surface area contributed by atoms with Crippen LogP contribution in [0.25, 0.3) is 0 Å². The van der Waals surface area contributed by atoms with Gasteiger partial charge >= 0.3 is 6.03 Å². The van der Waals surface area contributed by atoms with Crippen LogP contribution in [0, 0.1) is 5.82 Å². The van der Waals surface area contributed by atoms with Crippen molar-refractivity contribution in [2.75, 3.05) is 24.2 Å². The summed E-state index contributed by atoms with van der Waals surface area (Å²) in [7, 11) is 0. The zero-order valence-electron chi connectivity index (χ0n) is 13.6. The highest BCUT2D eigenvalue weighted by Gasteiger charge is 2.19. The number of benzene rings is 1. The molecule has 0 aliphatic carbocycles. The number of anilines is 1. The quantitative estimate of drug-likeness (QED) is 0.924. The molecule has 1 N–H and O–H groups in total. The lowest BCUT2D eigenvalue weighted by Gasteiger charge is -2.21. The fourth-order valence-corrected chi connectivity index (χ4v) is 3.62. The fourth-order valence-electron chi connectivity index (χ4n) is 2.62. The highest BCUT2D eigenvalue weighted by atomic mass is 32.2. The Morgan fingerprint density at radius 1 is 1.33 bits per heavy atom. The first kappa shape index (κ1) is 16.8. The summed E-state index contributed by atoms with van der Waals surface area (Å²) in [6.45, 7) is 4.21. The maximum Gasteiger partial charge on any atom is 0.323 e. The third-order valence-electron chi connectivity index (χ3n) is 4.05. The molecule has 1 aromatic heterocycles. The van der Waals surface area contributed by atoms with Crippen molar-refractivity contribution in [2.24, 2.45) is 0 Å². The predicted molar refractivity (Wildman–Crippen MR) is 94.9 cm³/mol. The highest BCUT2D eigenvalue weighted by Crippen LogP contribution is 2.19. The van der Waals surface area contributed by atoms with E-state index in [0.29, 0.717) is 17.6 Å². The van der Waals surface area contributed by atoms with E-state index in [9.17, 15) is 9.18 Å². The molecule has 128 valence electrons. The lowest BCUT2D eigenvalue weighted by Crippen LogP contribution is -2.37. The minimum Gasteiger partial charge on any atom is -0.324 e. The van der Waals surface area contributed by atoms with Crippen molar-refractivity contribution in [1.82, 2.24) is 14.7 Å². The van der Waals surface area contributed by atoms with E-state index in [0.717, 1.165) is 30.8 Å². The lowest BCUT2D eigenvalue weighted by atomic mass is 10.2. The normalized spacial score (nSPS) is 18.2. The Labute approximate surface area is 145 Å². The molecule has 0 spiro atoms. The number of rotatable bonds is 3. The molecular formula is C17H21FN4OS. The fraction of sp³-hybridized carbons (Fsp3) is 0.412. The molecule has 3 rings (SSSR count). The van der Waals surface area contributed by atoms with E-state index in [2.05, 4.69) is 17.3 Å². The molecule has 0 radical (unpaired) electrons. The molecule has 7 heteroatoms. The van der Waals surface area contributed by atoms with Crippen LogP contribution in [0.15, 0.2) is 36.5 Å². The third kappa shape index (κ3) is 4.29.